The Balaban J connectivity index is 1.70. The van der Waals surface area contributed by atoms with Crippen LogP contribution in [0.2, 0.25) is 5.02 Å². The second-order valence-corrected chi connectivity index (χ2v) is 5.62. The molecular formula is C15H20ClNO3. The lowest BCUT2D eigenvalue weighted by Gasteiger charge is -2.17. The van der Waals surface area contributed by atoms with Gasteiger partial charge in [-0.25, -0.2) is 0 Å². The highest BCUT2D eigenvalue weighted by atomic mass is 35.5. The molecule has 0 bridgehead atoms. The van der Waals surface area contributed by atoms with Gasteiger partial charge >= 0.3 is 0 Å². The molecule has 2 unspecified atom stereocenters. The van der Waals surface area contributed by atoms with Crippen molar-refractivity contribution in [2.75, 3.05) is 19.8 Å². The lowest BCUT2D eigenvalue weighted by Crippen LogP contribution is -2.34. The first-order chi connectivity index (χ1) is 9.69. The van der Waals surface area contributed by atoms with Gasteiger partial charge in [0.15, 0.2) is 6.61 Å². The standard InChI is InChI=1S/C15H20ClNO3/c16-13-5-2-6-14(7-13)20-10-15(19)17-8-11-3-1-4-12(11)9-18/h2,5-7,11-12,18H,1,3-4,8-10H2,(H,17,19). The zero-order valence-corrected chi connectivity index (χ0v) is 12.1. The van der Waals surface area contributed by atoms with E-state index in [1.165, 1.54) is 0 Å². The molecule has 0 spiro atoms. The summed E-state index contributed by atoms with van der Waals surface area (Å²) in [5, 5.41) is 12.7. The SMILES string of the molecule is O=C(COc1cccc(Cl)c1)NCC1CCCC1CO. The summed E-state index contributed by atoms with van der Waals surface area (Å²) < 4.78 is 5.37. The molecule has 1 aliphatic rings. The van der Waals surface area contributed by atoms with Gasteiger partial charge < -0.3 is 15.2 Å². The van der Waals surface area contributed by atoms with Crippen LogP contribution in [0.4, 0.5) is 0 Å². The van der Waals surface area contributed by atoms with E-state index in [0.717, 1.165) is 19.3 Å². The van der Waals surface area contributed by atoms with Gasteiger partial charge in [0.25, 0.3) is 5.91 Å². The van der Waals surface area contributed by atoms with Crippen LogP contribution in [0, 0.1) is 11.8 Å². The molecule has 0 radical (unpaired) electrons. The summed E-state index contributed by atoms with van der Waals surface area (Å²) in [7, 11) is 0. The van der Waals surface area contributed by atoms with Gasteiger partial charge in [-0.05, 0) is 42.9 Å². The van der Waals surface area contributed by atoms with Crippen LogP contribution in [0.1, 0.15) is 19.3 Å². The maximum absolute atomic E-state index is 11.7. The smallest absolute Gasteiger partial charge is 0.257 e. The van der Waals surface area contributed by atoms with E-state index >= 15 is 0 Å². The van der Waals surface area contributed by atoms with Gasteiger partial charge in [-0.2, -0.15) is 0 Å². The van der Waals surface area contributed by atoms with E-state index in [4.69, 9.17) is 16.3 Å². The highest BCUT2D eigenvalue weighted by molar-refractivity contribution is 6.30. The minimum absolute atomic E-state index is 0.0170. The fraction of sp³-hybridized carbons (Fsp3) is 0.533. The Morgan fingerprint density at radius 1 is 1.40 bits per heavy atom. The Bertz CT molecular complexity index is 452. The van der Waals surface area contributed by atoms with Crippen LogP contribution in [-0.2, 0) is 4.79 Å². The predicted molar refractivity (Wildman–Crippen MR) is 77.9 cm³/mol. The molecular weight excluding hydrogens is 278 g/mol. The van der Waals surface area contributed by atoms with E-state index in [2.05, 4.69) is 5.32 Å². The van der Waals surface area contributed by atoms with E-state index < -0.39 is 0 Å². The lowest BCUT2D eigenvalue weighted by molar-refractivity contribution is -0.123. The quantitative estimate of drug-likeness (QED) is 0.846. The Morgan fingerprint density at radius 2 is 2.20 bits per heavy atom. The Hall–Kier alpha value is -1.26. The normalized spacial score (nSPS) is 21.7. The molecule has 1 aromatic carbocycles. The molecule has 5 heteroatoms. The van der Waals surface area contributed by atoms with Gasteiger partial charge in [0.05, 0.1) is 0 Å². The molecule has 1 aliphatic carbocycles. The maximum Gasteiger partial charge on any atom is 0.257 e. The zero-order chi connectivity index (χ0) is 14.4. The highest BCUT2D eigenvalue weighted by Gasteiger charge is 2.26. The van der Waals surface area contributed by atoms with Crippen molar-refractivity contribution in [3.63, 3.8) is 0 Å². The molecule has 110 valence electrons. The minimum atomic E-state index is -0.145. The molecule has 2 atom stereocenters. The predicted octanol–water partition coefficient (Wildman–Crippen LogP) is 2.24. The largest absolute Gasteiger partial charge is 0.484 e. The van der Waals surface area contributed by atoms with Crippen molar-refractivity contribution < 1.29 is 14.6 Å². The van der Waals surface area contributed by atoms with E-state index in [1.807, 2.05) is 0 Å². The fourth-order valence-corrected chi connectivity index (χ4v) is 2.80. The van der Waals surface area contributed by atoms with Crippen LogP contribution < -0.4 is 10.1 Å². The second kappa shape index (κ2) is 7.50. The molecule has 1 amide bonds. The highest BCUT2D eigenvalue weighted by Crippen LogP contribution is 2.30. The molecule has 1 fully saturated rings. The molecule has 1 saturated carbocycles. The summed E-state index contributed by atoms with van der Waals surface area (Å²) >= 11 is 5.84. The number of benzene rings is 1. The summed E-state index contributed by atoms with van der Waals surface area (Å²) in [6.07, 6.45) is 3.25. The summed E-state index contributed by atoms with van der Waals surface area (Å²) in [6, 6.07) is 6.97. The van der Waals surface area contributed by atoms with Gasteiger partial charge in [-0.15, -0.1) is 0 Å². The average molecular weight is 298 g/mol. The number of amides is 1. The van der Waals surface area contributed by atoms with E-state index in [1.54, 1.807) is 24.3 Å². The van der Waals surface area contributed by atoms with Crippen LogP contribution in [0.5, 0.6) is 5.75 Å². The zero-order valence-electron chi connectivity index (χ0n) is 11.3. The summed E-state index contributed by atoms with van der Waals surface area (Å²) in [5.74, 6) is 1.15. The van der Waals surface area contributed by atoms with E-state index in [0.29, 0.717) is 29.2 Å². The average Bonchev–Trinajstić information content (AvgIpc) is 2.90. The minimum Gasteiger partial charge on any atom is -0.484 e. The third kappa shape index (κ3) is 4.39. The number of rotatable bonds is 6. The van der Waals surface area contributed by atoms with Gasteiger partial charge in [0, 0.05) is 18.2 Å². The molecule has 20 heavy (non-hydrogen) atoms. The summed E-state index contributed by atoms with van der Waals surface area (Å²) in [4.78, 5) is 11.7. The lowest BCUT2D eigenvalue weighted by atomic mass is 9.97. The number of carbonyl (C=O) groups excluding carboxylic acids is 1. The first-order valence-electron chi connectivity index (χ1n) is 6.95. The van der Waals surface area contributed by atoms with Crippen molar-refractivity contribution in [3.05, 3.63) is 29.3 Å². The van der Waals surface area contributed by atoms with Crippen LogP contribution in [-0.4, -0.2) is 30.8 Å². The van der Waals surface area contributed by atoms with E-state index in [9.17, 15) is 9.90 Å². The van der Waals surface area contributed by atoms with Crippen molar-refractivity contribution in [2.45, 2.75) is 19.3 Å². The Morgan fingerprint density at radius 3 is 2.95 bits per heavy atom. The third-order valence-corrected chi connectivity index (χ3v) is 4.01. The van der Waals surface area contributed by atoms with Crippen LogP contribution in [0.15, 0.2) is 24.3 Å². The molecule has 2 N–H and O–H groups in total. The number of carbonyl (C=O) groups is 1. The maximum atomic E-state index is 11.7. The van der Waals surface area contributed by atoms with Crippen LogP contribution in [0.25, 0.3) is 0 Å². The number of hydrogen-bond acceptors (Lipinski definition) is 3. The molecule has 0 aromatic heterocycles. The summed E-state index contributed by atoms with van der Waals surface area (Å²) in [6.45, 7) is 0.805. The molecule has 0 saturated heterocycles. The number of aliphatic hydroxyl groups excluding tert-OH is 1. The van der Waals surface area contributed by atoms with Crippen molar-refractivity contribution in [3.8, 4) is 5.75 Å². The van der Waals surface area contributed by atoms with Gasteiger partial charge in [-0.1, -0.05) is 24.1 Å². The molecule has 4 nitrogen and oxygen atoms in total. The number of halogens is 1. The Kier molecular flexibility index (Phi) is 5.68. The molecule has 0 heterocycles. The van der Waals surface area contributed by atoms with Gasteiger partial charge in [-0.3, -0.25) is 4.79 Å². The first kappa shape index (κ1) is 15.1. The number of ether oxygens (including phenoxy) is 1. The third-order valence-electron chi connectivity index (χ3n) is 3.78. The second-order valence-electron chi connectivity index (χ2n) is 5.18. The van der Waals surface area contributed by atoms with Gasteiger partial charge in [0.1, 0.15) is 5.75 Å². The van der Waals surface area contributed by atoms with Crippen molar-refractivity contribution in [2.24, 2.45) is 11.8 Å². The first-order valence-corrected chi connectivity index (χ1v) is 7.32. The number of nitrogens with one attached hydrogen (secondary N) is 1. The molecule has 1 aromatic rings. The van der Waals surface area contributed by atoms with Gasteiger partial charge in [0.2, 0.25) is 0 Å². The van der Waals surface area contributed by atoms with E-state index in [-0.39, 0.29) is 19.1 Å². The van der Waals surface area contributed by atoms with Crippen molar-refractivity contribution >= 4 is 17.5 Å². The fourth-order valence-electron chi connectivity index (χ4n) is 2.62. The van der Waals surface area contributed by atoms with Crippen LogP contribution >= 0.6 is 11.6 Å². The molecule has 2 rings (SSSR count). The molecule has 0 aliphatic heterocycles. The summed E-state index contributed by atoms with van der Waals surface area (Å²) in [5.41, 5.74) is 0. The number of hydrogen-bond donors (Lipinski definition) is 2. The van der Waals surface area contributed by atoms with Crippen LogP contribution in [0.3, 0.4) is 0 Å². The topological polar surface area (TPSA) is 58.6 Å². The Labute approximate surface area is 124 Å². The van der Waals surface area contributed by atoms with Crippen molar-refractivity contribution in [1.29, 1.82) is 0 Å². The number of aliphatic hydroxyl groups is 1. The van der Waals surface area contributed by atoms with Crippen molar-refractivity contribution in [1.82, 2.24) is 5.32 Å². The monoisotopic (exact) mass is 297 g/mol.